The van der Waals surface area contributed by atoms with Crippen molar-refractivity contribution < 1.29 is 14.3 Å². The van der Waals surface area contributed by atoms with E-state index in [1.807, 2.05) is 13.8 Å². The van der Waals surface area contributed by atoms with Crippen LogP contribution in [0, 0.1) is 12.7 Å². The number of aryl methyl sites for hydroxylation is 1. The second-order valence-corrected chi connectivity index (χ2v) is 6.29. The Kier molecular flexibility index (Phi) is 6.00. The molecule has 0 aliphatic heterocycles. The molecule has 4 N–H and O–H groups in total. The Morgan fingerprint density at radius 3 is 2.86 bits per heavy atom. The quantitative estimate of drug-likeness (QED) is 0.502. The third kappa shape index (κ3) is 4.17. The Morgan fingerprint density at radius 2 is 2.14 bits per heavy atom. The smallest absolute Gasteiger partial charge is 0.268 e. The largest absolute Gasteiger partial charge is 0.394 e. The Balaban J connectivity index is 1.81. The number of aromatic nitrogens is 3. The van der Waals surface area contributed by atoms with Crippen molar-refractivity contribution in [1.29, 1.82) is 0 Å². The summed E-state index contributed by atoms with van der Waals surface area (Å²) < 4.78 is 14.0. The van der Waals surface area contributed by atoms with Crippen LogP contribution in [0.15, 0.2) is 42.7 Å². The highest BCUT2D eigenvalue weighted by Gasteiger charge is 2.19. The second kappa shape index (κ2) is 8.62. The molecule has 7 nitrogen and oxygen atoms in total. The van der Waals surface area contributed by atoms with Crippen LogP contribution in [0.5, 0.6) is 0 Å². The number of H-pyrrole nitrogens is 1. The molecule has 1 atom stereocenters. The molecule has 0 aliphatic rings. The zero-order valence-electron chi connectivity index (χ0n) is 15.7. The van der Waals surface area contributed by atoms with Gasteiger partial charge in [0.1, 0.15) is 11.5 Å². The van der Waals surface area contributed by atoms with E-state index in [9.17, 15) is 14.3 Å². The van der Waals surface area contributed by atoms with Crippen LogP contribution in [0.25, 0.3) is 11.3 Å². The minimum Gasteiger partial charge on any atom is -0.394 e. The summed E-state index contributed by atoms with van der Waals surface area (Å²) in [6.45, 7) is 4.12. The Hall–Kier alpha value is -3.26. The molecule has 8 heteroatoms. The standard InChI is InChI=1S/C20H22FN5O2/c1-3-22-20-24-9-12(2)18(26-20)13-8-16(23-10-13)19(28)25-17(11-27)14-6-4-5-7-15(14)21/h4-10,17,23,27H,3,11H2,1-2H3,(H,25,28)(H,22,24,26)/t17-/m0/s1. The van der Waals surface area contributed by atoms with E-state index in [-0.39, 0.29) is 11.3 Å². The van der Waals surface area contributed by atoms with Crippen LogP contribution < -0.4 is 10.6 Å². The molecular weight excluding hydrogens is 361 g/mol. The maximum atomic E-state index is 14.0. The predicted molar refractivity (Wildman–Crippen MR) is 104 cm³/mol. The monoisotopic (exact) mass is 383 g/mol. The van der Waals surface area contributed by atoms with Gasteiger partial charge >= 0.3 is 0 Å². The number of hydrogen-bond acceptors (Lipinski definition) is 5. The number of carbonyl (C=O) groups excluding carboxylic acids is 1. The molecule has 146 valence electrons. The SMILES string of the molecule is CCNc1ncc(C)c(-c2c[nH]c(C(=O)N[C@@H](CO)c3ccccc3F)c2)n1. The van der Waals surface area contributed by atoms with Crippen LogP contribution in [0.3, 0.4) is 0 Å². The first-order valence-corrected chi connectivity index (χ1v) is 8.96. The molecule has 3 rings (SSSR count). The molecular formula is C20H22FN5O2. The summed E-state index contributed by atoms with van der Waals surface area (Å²) in [5, 5.41) is 15.3. The van der Waals surface area contributed by atoms with Gasteiger partial charge in [-0.2, -0.15) is 0 Å². The molecule has 2 heterocycles. The van der Waals surface area contributed by atoms with Crippen LogP contribution in [-0.2, 0) is 0 Å². The lowest BCUT2D eigenvalue weighted by molar-refractivity contribution is 0.0910. The first-order valence-electron chi connectivity index (χ1n) is 8.96. The summed E-state index contributed by atoms with van der Waals surface area (Å²) >= 11 is 0. The Morgan fingerprint density at radius 1 is 1.36 bits per heavy atom. The highest BCUT2D eigenvalue weighted by atomic mass is 19.1. The average molecular weight is 383 g/mol. The molecule has 0 saturated heterocycles. The Labute approximate surface area is 162 Å². The van der Waals surface area contributed by atoms with Crippen molar-refractivity contribution in [3.63, 3.8) is 0 Å². The van der Waals surface area contributed by atoms with E-state index in [1.54, 1.807) is 30.6 Å². The fourth-order valence-electron chi connectivity index (χ4n) is 2.86. The van der Waals surface area contributed by atoms with Crippen molar-refractivity contribution in [2.45, 2.75) is 19.9 Å². The van der Waals surface area contributed by atoms with E-state index >= 15 is 0 Å². The molecule has 3 aromatic rings. The number of carbonyl (C=O) groups is 1. The summed E-state index contributed by atoms with van der Waals surface area (Å²) in [5.74, 6) is -0.427. The van der Waals surface area contributed by atoms with Crippen LogP contribution in [-0.4, -0.2) is 39.1 Å². The molecule has 0 saturated carbocycles. The molecule has 0 spiro atoms. The zero-order valence-corrected chi connectivity index (χ0v) is 15.7. The molecule has 0 fully saturated rings. The second-order valence-electron chi connectivity index (χ2n) is 6.29. The van der Waals surface area contributed by atoms with Crippen LogP contribution in [0.2, 0.25) is 0 Å². The number of rotatable bonds is 7. The third-order valence-corrected chi connectivity index (χ3v) is 4.28. The lowest BCUT2D eigenvalue weighted by Crippen LogP contribution is -2.31. The summed E-state index contributed by atoms with van der Waals surface area (Å²) in [4.78, 5) is 24.2. The van der Waals surface area contributed by atoms with Crippen molar-refractivity contribution >= 4 is 11.9 Å². The van der Waals surface area contributed by atoms with Crippen LogP contribution in [0.4, 0.5) is 10.3 Å². The minimum atomic E-state index is -0.846. The number of nitrogens with one attached hydrogen (secondary N) is 3. The average Bonchev–Trinajstić information content (AvgIpc) is 3.18. The van der Waals surface area contributed by atoms with Gasteiger partial charge in [0.25, 0.3) is 5.91 Å². The van der Waals surface area contributed by atoms with E-state index in [0.29, 0.717) is 18.2 Å². The topological polar surface area (TPSA) is 103 Å². The number of anilines is 1. The summed E-state index contributed by atoms with van der Waals surface area (Å²) in [5.41, 5.74) is 2.82. The minimum absolute atomic E-state index is 0.229. The molecule has 1 amide bonds. The summed E-state index contributed by atoms with van der Waals surface area (Å²) in [6.07, 6.45) is 3.39. The third-order valence-electron chi connectivity index (χ3n) is 4.28. The van der Waals surface area contributed by atoms with E-state index in [4.69, 9.17) is 0 Å². The van der Waals surface area contributed by atoms with Crippen LogP contribution >= 0.6 is 0 Å². The summed E-state index contributed by atoms with van der Waals surface area (Å²) in [7, 11) is 0. The first-order chi connectivity index (χ1) is 13.5. The zero-order chi connectivity index (χ0) is 20.1. The van der Waals surface area contributed by atoms with Gasteiger partial charge in [-0.1, -0.05) is 18.2 Å². The number of amides is 1. The van der Waals surface area contributed by atoms with Gasteiger partial charge < -0.3 is 20.7 Å². The lowest BCUT2D eigenvalue weighted by atomic mass is 10.1. The van der Waals surface area contributed by atoms with Crippen molar-refractivity contribution in [3.8, 4) is 11.3 Å². The van der Waals surface area contributed by atoms with E-state index in [0.717, 1.165) is 11.1 Å². The number of aliphatic hydroxyl groups is 1. The number of aliphatic hydroxyl groups excluding tert-OH is 1. The van der Waals surface area contributed by atoms with E-state index in [1.165, 1.54) is 12.1 Å². The van der Waals surface area contributed by atoms with Gasteiger partial charge in [0.05, 0.1) is 18.3 Å². The predicted octanol–water partition coefficient (Wildman–Crippen LogP) is 2.81. The highest BCUT2D eigenvalue weighted by Crippen LogP contribution is 2.23. The van der Waals surface area contributed by atoms with Gasteiger partial charge in [0.2, 0.25) is 5.95 Å². The maximum absolute atomic E-state index is 14.0. The number of aromatic amines is 1. The van der Waals surface area contributed by atoms with E-state index < -0.39 is 24.4 Å². The fraction of sp³-hybridized carbons (Fsp3) is 0.250. The number of nitrogens with zero attached hydrogens (tertiary/aromatic N) is 2. The van der Waals surface area contributed by atoms with Gasteiger partial charge in [-0.05, 0) is 31.5 Å². The highest BCUT2D eigenvalue weighted by molar-refractivity contribution is 5.94. The van der Waals surface area contributed by atoms with Crippen molar-refractivity contribution in [2.75, 3.05) is 18.5 Å². The van der Waals surface area contributed by atoms with Crippen molar-refractivity contribution in [2.24, 2.45) is 0 Å². The van der Waals surface area contributed by atoms with Gasteiger partial charge in [0, 0.05) is 30.1 Å². The maximum Gasteiger partial charge on any atom is 0.268 e. The Bertz CT molecular complexity index is 973. The molecule has 0 unspecified atom stereocenters. The lowest BCUT2D eigenvalue weighted by Gasteiger charge is -2.16. The van der Waals surface area contributed by atoms with Gasteiger partial charge in [-0.15, -0.1) is 0 Å². The number of halogens is 1. The van der Waals surface area contributed by atoms with Crippen LogP contribution in [0.1, 0.15) is 34.6 Å². The molecule has 0 aliphatic carbocycles. The molecule has 0 bridgehead atoms. The molecule has 0 radical (unpaired) electrons. The van der Waals surface area contributed by atoms with E-state index in [2.05, 4.69) is 25.6 Å². The normalized spacial score (nSPS) is 11.9. The molecule has 28 heavy (non-hydrogen) atoms. The first kappa shape index (κ1) is 19.5. The molecule has 2 aromatic heterocycles. The van der Waals surface area contributed by atoms with Gasteiger partial charge in [0.15, 0.2) is 0 Å². The summed E-state index contributed by atoms with van der Waals surface area (Å²) in [6, 6.07) is 6.84. The van der Waals surface area contributed by atoms with Crippen molar-refractivity contribution in [1.82, 2.24) is 20.3 Å². The van der Waals surface area contributed by atoms with Crippen molar-refractivity contribution in [3.05, 3.63) is 65.4 Å². The fourth-order valence-corrected chi connectivity index (χ4v) is 2.86. The van der Waals surface area contributed by atoms with Gasteiger partial charge in [-0.3, -0.25) is 4.79 Å². The molecule has 1 aromatic carbocycles. The number of benzene rings is 1. The number of hydrogen-bond donors (Lipinski definition) is 4. The van der Waals surface area contributed by atoms with Gasteiger partial charge in [-0.25, -0.2) is 14.4 Å².